The largest absolute Gasteiger partial charge is 0.489 e. The van der Waals surface area contributed by atoms with E-state index >= 15 is 0 Å². The monoisotopic (exact) mass is 432 g/mol. The van der Waals surface area contributed by atoms with Gasteiger partial charge in [0.05, 0.1) is 17.6 Å². The minimum Gasteiger partial charge on any atom is -0.489 e. The number of hydrogen-bond acceptors (Lipinski definition) is 7. The summed E-state index contributed by atoms with van der Waals surface area (Å²) in [6.07, 6.45) is 7.80. The number of carbonyl (C=O) groups is 2. The summed E-state index contributed by atoms with van der Waals surface area (Å²) in [5, 5.41) is 8.76. The normalized spacial score (nSPS) is 15.4. The molecule has 2 heterocycles. The van der Waals surface area contributed by atoms with Crippen molar-refractivity contribution in [1.82, 2.24) is 10.1 Å². The minimum absolute atomic E-state index is 0.116. The first-order valence-corrected chi connectivity index (χ1v) is 11.3. The van der Waals surface area contributed by atoms with E-state index in [2.05, 4.69) is 20.8 Å². The van der Waals surface area contributed by atoms with Gasteiger partial charge in [-0.05, 0) is 44.7 Å². The van der Waals surface area contributed by atoms with Crippen LogP contribution in [0.25, 0.3) is 0 Å². The van der Waals surface area contributed by atoms with Gasteiger partial charge in [-0.1, -0.05) is 24.4 Å². The van der Waals surface area contributed by atoms with E-state index in [9.17, 15) is 9.59 Å². The van der Waals surface area contributed by atoms with Crippen LogP contribution in [0.1, 0.15) is 44.8 Å². The highest BCUT2D eigenvalue weighted by atomic mass is 32.2. The smallest absolute Gasteiger partial charge is 0.238 e. The Labute approximate surface area is 180 Å². The molecule has 1 unspecified atom stereocenters. The van der Waals surface area contributed by atoms with Gasteiger partial charge in [0, 0.05) is 12.3 Å². The third-order valence-corrected chi connectivity index (χ3v) is 6.08. The number of aromatic nitrogens is 2. The lowest BCUT2D eigenvalue weighted by Gasteiger charge is -2.22. The first-order chi connectivity index (χ1) is 14.5. The number of carbonyl (C=O) groups excluding carboxylic acids is 2. The molecule has 1 fully saturated rings. The predicted octanol–water partition coefficient (Wildman–Crippen LogP) is 4.04. The van der Waals surface area contributed by atoms with Crippen LogP contribution in [-0.2, 0) is 9.59 Å². The summed E-state index contributed by atoms with van der Waals surface area (Å²) >= 11 is 1.23. The number of nitrogens with one attached hydrogen (secondary N) is 2. The average Bonchev–Trinajstić information content (AvgIpc) is 3.16. The van der Waals surface area contributed by atoms with Gasteiger partial charge in [0.1, 0.15) is 5.76 Å². The van der Waals surface area contributed by atoms with Crippen molar-refractivity contribution in [2.24, 2.45) is 5.92 Å². The maximum absolute atomic E-state index is 12.4. The lowest BCUT2D eigenvalue weighted by Crippen LogP contribution is -2.25. The van der Waals surface area contributed by atoms with Gasteiger partial charge in [-0.25, -0.2) is 4.98 Å². The highest BCUT2D eigenvalue weighted by molar-refractivity contribution is 8.01. The molecule has 162 valence electrons. The molecule has 30 heavy (non-hydrogen) atoms. The quantitative estimate of drug-likeness (QED) is 0.616. The van der Waals surface area contributed by atoms with Crippen LogP contribution in [0.5, 0.6) is 5.75 Å². The molecule has 0 aromatic carbocycles. The Bertz CT molecular complexity index is 851. The van der Waals surface area contributed by atoms with Gasteiger partial charge in [-0.2, -0.15) is 0 Å². The predicted molar refractivity (Wildman–Crippen MR) is 117 cm³/mol. The summed E-state index contributed by atoms with van der Waals surface area (Å²) in [6, 6.07) is 5.24. The van der Waals surface area contributed by atoms with E-state index in [-0.39, 0.29) is 17.6 Å². The fourth-order valence-corrected chi connectivity index (χ4v) is 3.94. The van der Waals surface area contributed by atoms with Crippen molar-refractivity contribution in [3.05, 3.63) is 30.2 Å². The first kappa shape index (κ1) is 22.1. The van der Waals surface area contributed by atoms with Crippen LogP contribution in [-0.4, -0.2) is 39.6 Å². The molecule has 2 aromatic heterocycles. The molecule has 1 saturated carbocycles. The number of aryl methyl sites for hydroxylation is 1. The molecule has 0 bridgehead atoms. The third-order valence-electron chi connectivity index (χ3n) is 4.94. The van der Waals surface area contributed by atoms with Crippen molar-refractivity contribution in [1.29, 1.82) is 0 Å². The van der Waals surface area contributed by atoms with Crippen molar-refractivity contribution in [2.75, 3.05) is 23.0 Å². The van der Waals surface area contributed by atoms with Crippen molar-refractivity contribution >= 4 is 35.2 Å². The minimum atomic E-state index is -0.432. The molecule has 2 amide bonds. The molecular formula is C21H28N4O4S. The topological polar surface area (TPSA) is 106 Å². The van der Waals surface area contributed by atoms with Crippen LogP contribution in [0.15, 0.2) is 28.9 Å². The lowest BCUT2D eigenvalue weighted by molar-refractivity contribution is -0.115. The van der Waals surface area contributed by atoms with E-state index in [1.54, 1.807) is 32.2 Å². The zero-order valence-corrected chi connectivity index (χ0v) is 18.2. The van der Waals surface area contributed by atoms with Crippen LogP contribution >= 0.6 is 11.8 Å². The van der Waals surface area contributed by atoms with Gasteiger partial charge >= 0.3 is 0 Å². The molecule has 0 saturated heterocycles. The molecule has 9 heteroatoms. The third kappa shape index (κ3) is 6.76. The molecule has 8 nitrogen and oxygen atoms in total. The number of ether oxygens (including phenoxy) is 1. The zero-order chi connectivity index (χ0) is 21.3. The second-order valence-corrected chi connectivity index (χ2v) is 8.81. The molecule has 0 radical (unpaired) electrons. The van der Waals surface area contributed by atoms with E-state index in [4.69, 9.17) is 9.26 Å². The first-order valence-electron chi connectivity index (χ1n) is 10.2. The van der Waals surface area contributed by atoms with Crippen LogP contribution in [0.3, 0.4) is 0 Å². The number of amides is 2. The summed E-state index contributed by atoms with van der Waals surface area (Å²) in [4.78, 5) is 28.8. The van der Waals surface area contributed by atoms with E-state index < -0.39 is 5.25 Å². The van der Waals surface area contributed by atoms with Crippen LogP contribution in [0.4, 0.5) is 11.6 Å². The Morgan fingerprint density at radius 1 is 1.30 bits per heavy atom. The number of rotatable bonds is 9. The zero-order valence-electron chi connectivity index (χ0n) is 17.3. The van der Waals surface area contributed by atoms with E-state index in [0.717, 1.165) is 0 Å². The van der Waals surface area contributed by atoms with Crippen molar-refractivity contribution in [2.45, 2.75) is 51.2 Å². The molecule has 0 spiro atoms. The average molecular weight is 433 g/mol. The number of nitrogens with zero attached hydrogens (tertiary/aromatic N) is 2. The molecule has 1 aliphatic rings. The Morgan fingerprint density at radius 2 is 2.10 bits per heavy atom. The number of hydrogen-bond donors (Lipinski definition) is 2. The Morgan fingerprint density at radius 3 is 2.83 bits per heavy atom. The molecule has 3 rings (SSSR count). The second-order valence-electron chi connectivity index (χ2n) is 7.48. The highest BCUT2D eigenvalue weighted by Crippen LogP contribution is 2.27. The number of thioether (sulfide) groups is 1. The van der Waals surface area contributed by atoms with Crippen molar-refractivity contribution < 1.29 is 18.8 Å². The van der Waals surface area contributed by atoms with Gasteiger partial charge in [0.25, 0.3) is 0 Å². The van der Waals surface area contributed by atoms with Gasteiger partial charge in [0.15, 0.2) is 17.4 Å². The van der Waals surface area contributed by atoms with Crippen molar-refractivity contribution in [3.63, 3.8) is 0 Å². The number of anilines is 2. The Balaban J connectivity index is 1.45. The molecule has 1 aliphatic carbocycles. The number of pyridine rings is 1. The van der Waals surface area contributed by atoms with Gasteiger partial charge in [-0.3, -0.25) is 9.59 Å². The molecule has 2 N–H and O–H groups in total. The second kappa shape index (κ2) is 11.0. The van der Waals surface area contributed by atoms with E-state index in [1.165, 1.54) is 43.9 Å². The van der Waals surface area contributed by atoms with Crippen LogP contribution < -0.4 is 15.4 Å². The van der Waals surface area contributed by atoms with Gasteiger partial charge in [0.2, 0.25) is 11.8 Å². The van der Waals surface area contributed by atoms with Gasteiger partial charge < -0.3 is 19.9 Å². The Hall–Kier alpha value is -2.55. The highest BCUT2D eigenvalue weighted by Gasteiger charge is 2.19. The fourth-order valence-electron chi connectivity index (χ4n) is 3.26. The van der Waals surface area contributed by atoms with Crippen LogP contribution in [0, 0.1) is 12.8 Å². The molecule has 0 aliphatic heterocycles. The lowest BCUT2D eigenvalue weighted by atomic mass is 9.90. The fraction of sp³-hybridized carbons (Fsp3) is 0.524. The SMILES string of the molecule is Cc1cc(NC(=O)C(C)SCC(=O)Nc2ncccc2OCC2CCCCC2)no1. The summed E-state index contributed by atoms with van der Waals surface area (Å²) in [5.41, 5.74) is 0. The molecule has 1 atom stereocenters. The van der Waals surface area contributed by atoms with Crippen molar-refractivity contribution in [3.8, 4) is 5.75 Å². The molecule has 2 aromatic rings. The standard InChI is InChI=1S/C21H28N4O4S/c1-14-11-18(25-29-14)23-21(27)15(2)30-13-19(26)24-20-17(9-6-10-22-20)28-12-16-7-4-3-5-8-16/h6,9-11,15-16H,3-5,7-8,12-13H2,1-2H3,(H,22,24,26)(H,23,25,27). The van der Waals surface area contributed by atoms with E-state index in [0.29, 0.717) is 35.7 Å². The summed E-state index contributed by atoms with van der Waals surface area (Å²) in [5.74, 6) is 2.16. The maximum atomic E-state index is 12.4. The Kier molecular flexibility index (Phi) is 8.12. The maximum Gasteiger partial charge on any atom is 0.238 e. The van der Waals surface area contributed by atoms with Gasteiger partial charge in [-0.15, -0.1) is 11.8 Å². The summed E-state index contributed by atoms with van der Waals surface area (Å²) in [6.45, 7) is 4.12. The van der Waals surface area contributed by atoms with E-state index in [1.807, 2.05) is 6.07 Å². The molecular weight excluding hydrogens is 404 g/mol. The van der Waals surface area contributed by atoms with Crippen LogP contribution in [0.2, 0.25) is 0 Å². The summed E-state index contributed by atoms with van der Waals surface area (Å²) in [7, 11) is 0. The summed E-state index contributed by atoms with van der Waals surface area (Å²) < 4.78 is 10.9.